The van der Waals surface area contributed by atoms with Gasteiger partial charge >= 0.3 is 0 Å². The lowest BCUT2D eigenvalue weighted by Crippen LogP contribution is -2.25. The van der Waals surface area contributed by atoms with Crippen LogP contribution in [0.15, 0.2) is 17.5 Å². The van der Waals surface area contributed by atoms with Crippen LogP contribution in [0.3, 0.4) is 0 Å². The van der Waals surface area contributed by atoms with Crippen LogP contribution in [-0.4, -0.2) is 12.3 Å². The van der Waals surface area contributed by atoms with E-state index in [4.69, 9.17) is 0 Å². The number of carbonyl (C=O) groups excluding carboxylic acids is 1. The Kier molecular flexibility index (Phi) is 3.26. The van der Waals surface area contributed by atoms with Crippen LogP contribution in [0.5, 0.6) is 0 Å². The molecule has 0 spiro atoms. The van der Waals surface area contributed by atoms with Crippen LogP contribution >= 0.6 is 11.3 Å². The molecule has 0 aromatic carbocycles. The third-order valence-corrected chi connectivity index (χ3v) is 2.26. The van der Waals surface area contributed by atoms with Gasteiger partial charge in [-0.3, -0.25) is 0 Å². The largest absolute Gasteiger partial charge is 0.303 e. The third kappa shape index (κ3) is 2.82. The number of rotatable bonds is 4. The molecule has 2 nitrogen and oxygen atoms in total. The van der Waals surface area contributed by atoms with E-state index >= 15 is 0 Å². The molecule has 11 heavy (non-hydrogen) atoms. The zero-order valence-electron chi connectivity index (χ0n) is 6.41. The Morgan fingerprint density at radius 2 is 2.64 bits per heavy atom. The fraction of sp³-hybridized carbons (Fsp3) is 0.375. The maximum Gasteiger partial charge on any atom is 0.136 e. The highest BCUT2D eigenvalue weighted by Crippen LogP contribution is 2.07. The summed E-state index contributed by atoms with van der Waals surface area (Å²) in [7, 11) is 0. The molecule has 0 aliphatic carbocycles. The lowest BCUT2D eigenvalue weighted by molar-refractivity contribution is -0.109. The molecule has 60 valence electrons. The highest BCUT2D eigenvalue weighted by atomic mass is 32.1. The van der Waals surface area contributed by atoms with Gasteiger partial charge in [-0.2, -0.15) is 0 Å². The SMILES string of the molecule is CC(C=O)NCc1cccs1. The van der Waals surface area contributed by atoms with Gasteiger partial charge in [0, 0.05) is 11.4 Å². The monoisotopic (exact) mass is 169 g/mol. The summed E-state index contributed by atoms with van der Waals surface area (Å²) in [5, 5.41) is 5.11. The molecular weight excluding hydrogens is 158 g/mol. The van der Waals surface area contributed by atoms with E-state index in [1.54, 1.807) is 11.3 Å². The van der Waals surface area contributed by atoms with Crippen molar-refractivity contribution in [3.63, 3.8) is 0 Å². The van der Waals surface area contributed by atoms with Crippen molar-refractivity contribution in [2.24, 2.45) is 0 Å². The van der Waals surface area contributed by atoms with Gasteiger partial charge in [-0.15, -0.1) is 11.3 Å². The van der Waals surface area contributed by atoms with Gasteiger partial charge < -0.3 is 10.1 Å². The summed E-state index contributed by atoms with van der Waals surface area (Å²) in [6.45, 7) is 2.64. The number of hydrogen-bond donors (Lipinski definition) is 1. The molecule has 3 heteroatoms. The van der Waals surface area contributed by atoms with Crippen LogP contribution in [0.1, 0.15) is 11.8 Å². The fourth-order valence-electron chi connectivity index (χ4n) is 0.723. The van der Waals surface area contributed by atoms with Gasteiger partial charge in [-0.1, -0.05) is 6.07 Å². The van der Waals surface area contributed by atoms with E-state index in [0.29, 0.717) is 0 Å². The molecule has 1 rings (SSSR count). The zero-order chi connectivity index (χ0) is 8.10. The van der Waals surface area contributed by atoms with E-state index in [2.05, 4.69) is 11.4 Å². The topological polar surface area (TPSA) is 29.1 Å². The van der Waals surface area contributed by atoms with Crippen LogP contribution in [0.4, 0.5) is 0 Å². The summed E-state index contributed by atoms with van der Waals surface area (Å²) in [6, 6.07) is 4.01. The number of nitrogens with one attached hydrogen (secondary N) is 1. The molecule has 1 unspecified atom stereocenters. The van der Waals surface area contributed by atoms with Gasteiger partial charge in [0.2, 0.25) is 0 Å². The minimum Gasteiger partial charge on any atom is -0.303 e. The summed E-state index contributed by atoms with van der Waals surface area (Å²) in [4.78, 5) is 11.5. The van der Waals surface area contributed by atoms with Crippen LogP contribution in [0.2, 0.25) is 0 Å². The lowest BCUT2D eigenvalue weighted by Gasteiger charge is -2.03. The molecule has 1 N–H and O–H groups in total. The smallest absolute Gasteiger partial charge is 0.136 e. The predicted molar refractivity (Wildman–Crippen MR) is 46.7 cm³/mol. The Morgan fingerprint density at radius 1 is 1.82 bits per heavy atom. The van der Waals surface area contributed by atoms with Crippen molar-refractivity contribution in [1.29, 1.82) is 0 Å². The Hall–Kier alpha value is -0.670. The maximum atomic E-state index is 10.2. The van der Waals surface area contributed by atoms with Crippen LogP contribution in [-0.2, 0) is 11.3 Å². The minimum atomic E-state index is -0.0444. The van der Waals surface area contributed by atoms with Crippen molar-refractivity contribution in [1.82, 2.24) is 5.32 Å². The summed E-state index contributed by atoms with van der Waals surface area (Å²) < 4.78 is 0. The quantitative estimate of drug-likeness (QED) is 0.691. The first-order valence-electron chi connectivity index (χ1n) is 3.54. The van der Waals surface area contributed by atoms with E-state index in [1.165, 1.54) is 4.88 Å². The second-order valence-corrected chi connectivity index (χ2v) is 3.42. The summed E-state index contributed by atoms with van der Waals surface area (Å²) in [6.07, 6.45) is 0.910. The molecule has 0 saturated carbocycles. The number of thiophene rings is 1. The molecule has 0 aliphatic rings. The molecule has 0 bridgehead atoms. The molecule has 1 aromatic heterocycles. The molecule has 1 heterocycles. The highest BCUT2D eigenvalue weighted by molar-refractivity contribution is 7.09. The van der Waals surface area contributed by atoms with Gasteiger partial charge in [-0.05, 0) is 18.4 Å². The van der Waals surface area contributed by atoms with Crippen LogP contribution in [0.25, 0.3) is 0 Å². The van der Waals surface area contributed by atoms with Crippen LogP contribution < -0.4 is 5.32 Å². The number of aldehydes is 1. The third-order valence-electron chi connectivity index (χ3n) is 1.38. The molecule has 0 amide bonds. The van der Waals surface area contributed by atoms with Gasteiger partial charge in [0.25, 0.3) is 0 Å². The van der Waals surface area contributed by atoms with Crippen LogP contribution in [0, 0.1) is 0 Å². The second-order valence-electron chi connectivity index (χ2n) is 2.39. The number of hydrogen-bond acceptors (Lipinski definition) is 3. The molecule has 0 aliphatic heterocycles. The van der Waals surface area contributed by atoms with Crippen molar-refractivity contribution >= 4 is 17.6 Å². The molecular formula is C8H11NOS. The molecule has 0 saturated heterocycles. The maximum absolute atomic E-state index is 10.2. The van der Waals surface area contributed by atoms with Gasteiger partial charge in [0.15, 0.2) is 0 Å². The van der Waals surface area contributed by atoms with Crippen molar-refractivity contribution in [3.8, 4) is 0 Å². The predicted octanol–water partition coefficient (Wildman–Crippen LogP) is 1.43. The Bertz CT molecular complexity index is 208. The lowest BCUT2D eigenvalue weighted by atomic mass is 10.3. The first-order valence-corrected chi connectivity index (χ1v) is 4.42. The van der Waals surface area contributed by atoms with E-state index in [0.717, 1.165) is 12.8 Å². The van der Waals surface area contributed by atoms with Crippen molar-refractivity contribution < 1.29 is 4.79 Å². The normalized spacial score (nSPS) is 12.8. The highest BCUT2D eigenvalue weighted by Gasteiger charge is 1.97. The Balaban J connectivity index is 2.28. The molecule has 1 aromatic rings. The molecule has 1 atom stereocenters. The molecule has 0 fully saturated rings. The first kappa shape index (κ1) is 8.43. The van der Waals surface area contributed by atoms with E-state index < -0.39 is 0 Å². The fourth-order valence-corrected chi connectivity index (χ4v) is 1.38. The average Bonchev–Trinajstić information content (AvgIpc) is 2.52. The second kappa shape index (κ2) is 4.26. The Morgan fingerprint density at radius 3 is 3.18 bits per heavy atom. The first-order chi connectivity index (χ1) is 5.33. The summed E-state index contributed by atoms with van der Waals surface area (Å²) in [5.74, 6) is 0. The minimum absolute atomic E-state index is 0.0444. The Labute approximate surface area is 70.2 Å². The van der Waals surface area contributed by atoms with E-state index in [9.17, 15) is 4.79 Å². The standard InChI is InChI=1S/C8H11NOS/c1-7(6-10)9-5-8-3-2-4-11-8/h2-4,6-7,9H,5H2,1H3. The number of carbonyl (C=O) groups is 1. The zero-order valence-corrected chi connectivity index (χ0v) is 7.23. The van der Waals surface area contributed by atoms with Gasteiger partial charge in [0.05, 0.1) is 6.04 Å². The van der Waals surface area contributed by atoms with Gasteiger partial charge in [-0.25, -0.2) is 0 Å². The van der Waals surface area contributed by atoms with Gasteiger partial charge in [0.1, 0.15) is 6.29 Å². The van der Waals surface area contributed by atoms with E-state index in [-0.39, 0.29) is 6.04 Å². The summed E-state index contributed by atoms with van der Waals surface area (Å²) in [5.41, 5.74) is 0. The van der Waals surface area contributed by atoms with Crippen molar-refractivity contribution in [2.75, 3.05) is 0 Å². The van der Waals surface area contributed by atoms with E-state index in [1.807, 2.05) is 18.4 Å². The average molecular weight is 169 g/mol. The summed E-state index contributed by atoms with van der Waals surface area (Å²) >= 11 is 1.70. The molecule has 0 radical (unpaired) electrons. The van der Waals surface area contributed by atoms with Crippen molar-refractivity contribution in [2.45, 2.75) is 19.5 Å². The van der Waals surface area contributed by atoms with Crippen molar-refractivity contribution in [3.05, 3.63) is 22.4 Å².